The van der Waals surface area contributed by atoms with Crippen molar-refractivity contribution in [3.63, 3.8) is 0 Å². The topological polar surface area (TPSA) is 37.3 Å². The van der Waals surface area contributed by atoms with Crippen LogP contribution in [0.4, 0.5) is 0 Å². The van der Waals surface area contributed by atoms with Gasteiger partial charge in [0.25, 0.3) is 0 Å². The first-order chi connectivity index (χ1) is 5.52. The molecule has 1 aromatic carbocycles. The number of carbonyl (C=O) groups excluding carboxylic acids is 1. The number of aromatic hydroxyl groups is 1. The van der Waals surface area contributed by atoms with E-state index in [-0.39, 0.29) is 11.5 Å². The van der Waals surface area contributed by atoms with Crippen LogP contribution in [0.25, 0.3) is 0 Å². The predicted octanol–water partition coefficient (Wildman–Crippen LogP) is 3.12. The Balaban J connectivity index is 3.38. The number of ketones is 1. The van der Waals surface area contributed by atoms with Crippen molar-refractivity contribution in [2.24, 2.45) is 0 Å². The Morgan fingerprint density at radius 3 is 2.08 bits per heavy atom. The Kier molecular flexibility index (Phi) is 2.90. The lowest BCUT2D eigenvalue weighted by atomic mass is 10.1. The lowest BCUT2D eigenvalue weighted by molar-refractivity contribution is 0.101. The van der Waals surface area contributed by atoms with E-state index in [0.29, 0.717) is 14.5 Å². The summed E-state index contributed by atoms with van der Waals surface area (Å²) >= 11 is 6.38. The molecule has 0 aliphatic carbocycles. The molecule has 0 atom stereocenters. The summed E-state index contributed by atoms with van der Waals surface area (Å²) in [7, 11) is 0. The second-order valence-corrected chi connectivity index (χ2v) is 4.05. The zero-order chi connectivity index (χ0) is 9.30. The molecular formula is C8H6Br2O2. The van der Waals surface area contributed by atoms with E-state index in [0.717, 1.165) is 0 Å². The molecule has 0 aliphatic heterocycles. The van der Waals surface area contributed by atoms with E-state index >= 15 is 0 Å². The molecule has 0 aromatic heterocycles. The summed E-state index contributed by atoms with van der Waals surface area (Å²) in [6, 6.07) is 2.98. The number of carbonyl (C=O) groups is 1. The van der Waals surface area contributed by atoms with Crippen molar-refractivity contribution in [1.29, 1.82) is 0 Å². The molecule has 1 rings (SSSR count). The van der Waals surface area contributed by atoms with Crippen molar-refractivity contribution in [3.05, 3.63) is 26.6 Å². The van der Waals surface area contributed by atoms with E-state index in [2.05, 4.69) is 31.9 Å². The van der Waals surface area contributed by atoms with E-state index < -0.39 is 0 Å². The molecule has 0 saturated heterocycles. The predicted molar refractivity (Wildman–Crippen MR) is 53.5 cm³/mol. The van der Waals surface area contributed by atoms with Crippen LogP contribution in [0.1, 0.15) is 17.3 Å². The molecule has 0 heterocycles. The maximum Gasteiger partial charge on any atom is 0.162 e. The van der Waals surface area contributed by atoms with Gasteiger partial charge < -0.3 is 5.11 Å². The van der Waals surface area contributed by atoms with Gasteiger partial charge in [-0.05, 0) is 50.9 Å². The van der Waals surface area contributed by atoms with Gasteiger partial charge in [-0.15, -0.1) is 0 Å². The van der Waals surface area contributed by atoms with Crippen molar-refractivity contribution in [2.75, 3.05) is 0 Å². The molecule has 2 nitrogen and oxygen atoms in total. The van der Waals surface area contributed by atoms with Gasteiger partial charge in [-0.3, -0.25) is 4.79 Å². The van der Waals surface area contributed by atoms with Crippen LogP contribution in [0.2, 0.25) is 0 Å². The molecule has 0 unspecified atom stereocenters. The largest absolute Gasteiger partial charge is 0.508 e. The van der Waals surface area contributed by atoms with E-state index in [9.17, 15) is 4.79 Å². The molecule has 0 amide bonds. The van der Waals surface area contributed by atoms with E-state index in [1.165, 1.54) is 19.1 Å². The number of halogens is 2. The first-order valence-corrected chi connectivity index (χ1v) is 4.80. The standard InChI is InChI=1S/C8H6Br2O2/c1-4(11)8-6(9)2-5(12)3-7(8)10/h2-3,12H,1H3. The number of hydrogen-bond donors (Lipinski definition) is 1. The molecule has 0 radical (unpaired) electrons. The fourth-order valence-corrected chi connectivity index (χ4v) is 2.62. The minimum absolute atomic E-state index is 0.0475. The Bertz CT molecular complexity index is 311. The number of Topliss-reactive ketones (excluding diaryl/α,β-unsaturated/α-hetero) is 1. The lowest BCUT2D eigenvalue weighted by Crippen LogP contribution is -1.94. The monoisotopic (exact) mass is 292 g/mol. The third-order valence-corrected chi connectivity index (χ3v) is 2.63. The Hall–Kier alpha value is -0.350. The smallest absolute Gasteiger partial charge is 0.162 e. The lowest BCUT2D eigenvalue weighted by Gasteiger charge is -2.03. The van der Waals surface area contributed by atoms with Crippen molar-refractivity contribution in [1.82, 2.24) is 0 Å². The van der Waals surface area contributed by atoms with Gasteiger partial charge in [0.2, 0.25) is 0 Å². The fraction of sp³-hybridized carbons (Fsp3) is 0.125. The van der Waals surface area contributed by atoms with Crippen molar-refractivity contribution < 1.29 is 9.90 Å². The minimum atomic E-state index is -0.0475. The van der Waals surface area contributed by atoms with Gasteiger partial charge >= 0.3 is 0 Å². The third-order valence-electron chi connectivity index (χ3n) is 1.38. The molecular weight excluding hydrogens is 288 g/mol. The zero-order valence-electron chi connectivity index (χ0n) is 6.27. The SMILES string of the molecule is CC(=O)c1c(Br)cc(O)cc1Br. The summed E-state index contributed by atoms with van der Waals surface area (Å²) in [6.45, 7) is 1.47. The molecule has 1 aromatic rings. The third kappa shape index (κ3) is 1.87. The van der Waals surface area contributed by atoms with E-state index in [1.807, 2.05) is 0 Å². The van der Waals surface area contributed by atoms with Gasteiger partial charge in [0.1, 0.15) is 5.75 Å². The molecule has 12 heavy (non-hydrogen) atoms. The van der Waals surface area contributed by atoms with Crippen molar-refractivity contribution >= 4 is 37.6 Å². The van der Waals surface area contributed by atoms with Crippen LogP contribution in [0.15, 0.2) is 21.1 Å². The number of rotatable bonds is 1. The molecule has 1 N–H and O–H groups in total. The van der Waals surface area contributed by atoms with Gasteiger partial charge in [-0.25, -0.2) is 0 Å². The summed E-state index contributed by atoms with van der Waals surface area (Å²) in [5.74, 6) is 0.0764. The van der Waals surface area contributed by atoms with Crippen LogP contribution >= 0.6 is 31.9 Å². The average Bonchev–Trinajstić information content (AvgIpc) is 1.82. The first-order valence-electron chi connectivity index (χ1n) is 3.21. The second-order valence-electron chi connectivity index (χ2n) is 2.34. The zero-order valence-corrected chi connectivity index (χ0v) is 9.44. The van der Waals surface area contributed by atoms with Crippen LogP contribution in [0.3, 0.4) is 0 Å². The van der Waals surface area contributed by atoms with Gasteiger partial charge in [0, 0.05) is 14.5 Å². The molecule has 0 saturated carbocycles. The number of phenolic OH excluding ortho intramolecular Hbond substituents is 1. The number of benzene rings is 1. The molecule has 0 fully saturated rings. The van der Waals surface area contributed by atoms with Crippen LogP contribution < -0.4 is 0 Å². The highest BCUT2D eigenvalue weighted by Gasteiger charge is 2.10. The van der Waals surface area contributed by atoms with Crippen molar-refractivity contribution in [2.45, 2.75) is 6.92 Å². The molecule has 0 bridgehead atoms. The molecule has 4 heteroatoms. The van der Waals surface area contributed by atoms with Crippen LogP contribution in [-0.4, -0.2) is 10.9 Å². The van der Waals surface area contributed by atoms with Crippen LogP contribution in [0, 0.1) is 0 Å². The van der Waals surface area contributed by atoms with Gasteiger partial charge in [-0.1, -0.05) is 0 Å². The van der Waals surface area contributed by atoms with E-state index in [1.54, 1.807) is 0 Å². The summed E-state index contributed by atoms with van der Waals surface area (Å²) in [5, 5.41) is 9.13. The summed E-state index contributed by atoms with van der Waals surface area (Å²) in [5.41, 5.74) is 0.549. The summed E-state index contributed by atoms with van der Waals surface area (Å²) in [6.07, 6.45) is 0. The van der Waals surface area contributed by atoms with Gasteiger partial charge in [-0.2, -0.15) is 0 Å². The highest BCUT2D eigenvalue weighted by molar-refractivity contribution is 9.11. The molecule has 0 spiro atoms. The maximum absolute atomic E-state index is 11.1. The summed E-state index contributed by atoms with van der Waals surface area (Å²) < 4.78 is 1.20. The Labute approximate surface area is 86.9 Å². The second kappa shape index (κ2) is 3.58. The van der Waals surface area contributed by atoms with E-state index in [4.69, 9.17) is 5.11 Å². The van der Waals surface area contributed by atoms with Crippen molar-refractivity contribution in [3.8, 4) is 5.75 Å². The number of phenols is 1. The van der Waals surface area contributed by atoms with Crippen LogP contribution in [0.5, 0.6) is 5.75 Å². The average molecular weight is 294 g/mol. The molecule has 0 aliphatic rings. The highest BCUT2D eigenvalue weighted by atomic mass is 79.9. The normalized spacial score (nSPS) is 9.92. The highest BCUT2D eigenvalue weighted by Crippen LogP contribution is 2.30. The van der Waals surface area contributed by atoms with Gasteiger partial charge in [0.05, 0.1) is 0 Å². The van der Waals surface area contributed by atoms with Crippen LogP contribution in [-0.2, 0) is 0 Å². The number of hydrogen-bond acceptors (Lipinski definition) is 2. The Morgan fingerprint density at radius 2 is 1.75 bits per heavy atom. The fourth-order valence-electron chi connectivity index (χ4n) is 0.896. The quantitative estimate of drug-likeness (QED) is 0.808. The van der Waals surface area contributed by atoms with Gasteiger partial charge in [0.15, 0.2) is 5.78 Å². The maximum atomic E-state index is 11.1. The summed E-state index contributed by atoms with van der Waals surface area (Å²) in [4.78, 5) is 11.1. The molecule has 64 valence electrons. The first kappa shape index (κ1) is 9.74. The minimum Gasteiger partial charge on any atom is -0.508 e. The Morgan fingerprint density at radius 1 is 1.33 bits per heavy atom.